The topological polar surface area (TPSA) is 80.8 Å². The Morgan fingerprint density at radius 1 is 0.897 bits per heavy atom. The number of carbonyl (C=O) groups excluding carboxylic acids is 4. The Balaban J connectivity index is 1.32. The number of amides is 2. The van der Waals surface area contributed by atoms with Gasteiger partial charge in [-0.3, -0.25) is 19.3 Å². The molecule has 5 rings (SSSR count). The SMILES string of the molecule is O=C(O[C@@H](CCCl)C(=O)c1ccc(F)cc1)c1cccc(N2C(=O)[C@@H]3CC[C@@H](c4ccccc4)C[C@H]3C2=O)c1. The summed E-state index contributed by atoms with van der Waals surface area (Å²) in [4.78, 5) is 53.9. The van der Waals surface area contributed by atoms with Crippen molar-refractivity contribution in [3.8, 4) is 0 Å². The first-order valence-corrected chi connectivity index (χ1v) is 13.5. The van der Waals surface area contributed by atoms with Gasteiger partial charge in [-0.15, -0.1) is 11.6 Å². The highest BCUT2D eigenvalue weighted by atomic mass is 35.5. The molecule has 1 saturated carbocycles. The first-order valence-electron chi connectivity index (χ1n) is 13.0. The Morgan fingerprint density at radius 3 is 2.33 bits per heavy atom. The van der Waals surface area contributed by atoms with E-state index in [0.717, 1.165) is 18.6 Å². The van der Waals surface area contributed by atoms with E-state index >= 15 is 0 Å². The molecular weight excluding hydrogens is 521 g/mol. The number of halogens is 2. The third-order valence-corrected chi connectivity index (χ3v) is 7.80. The van der Waals surface area contributed by atoms with Gasteiger partial charge in [0.05, 0.1) is 23.1 Å². The fourth-order valence-electron chi connectivity index (χ4n) is 5.57. The molecule has 0 aromatic heterocycles. The van der Waals surface area contributed by atoms with E-state index in [-0.39, 0.29) is 47.1 Å². The normalized spacial score (nSPS) is 21.4. The first-order chi connectivity index (χ1) is 18.9. The van der Waals surface area contributed by atoms with Gasteiger partial charge >= 0.3 is 5.97 Å². The molecule has 1 saturated heterocycles. The van der Waals surface area contributed by atoms with Crippen molar-refractivity contribution in [2.45, 2.75) is 37.7 Å². The fourth-order valence-corrected chi connectivity index (χ4v) is 5.77. The molecule has 2 amide bonds. The molecule has 39 heavy (non-hydrogen) atoms. The summed E-state index contributed by atoms with van der Waals surface area (Å²) in [6, 6.07) is 21.1. The van der Waals surface area contributed by atoms with E-state index in [1.54, 1.807) is 12.1 Å². The van der Waals surface area contributed by atoms with Crippen molar-refractivity contribution in [3.05, 3.63) is 101 Å². The molecule has 1 aliphatic carbocycles. The average Bonchev–Trinajstić information content (AvgIpc) is 3.22. The summed E-state index contributed by atoms with van der Waals surface area (Å²) in [6.07, 6.45) is 0.950. The number of hydrogen-bond acceptors (Lipinski definition) is 5. The molecule has 1 aliphatic heterocycles. The number of alkyl halides is 1. The lowest BCUT2D eigenvalue weighted by molar-refractivity contribution is -0.122. The lowest BCUT2D eigenvalue weighted by Gasteiger charge is -2.28. The minimum absolute atomic E-state index is 0.0639. The number of ketones is 1. The smallest absolute Gasteiger partial charge is 0.338 e. The van der Waals surface area contributed by atoms with Crippen LogP contribution in [0.1, 0.15) is 57.9 Å². The Kier molecular flexibility index (Phi) is 7.89. The molecule has 4 atom stereocenters. The van der Waals surface area contributed by atoms with Crippen molar-refractivity contribution in [1.82, 2.24) is 0 Å². The standard InChI is InChI=1S/C31H27ClFNO5/c32-16-15-27(28(35)20-9-12-23(33)13-10-20)39-31(38)22-7-4-8-24(17-22)34-29(36)25-14-11-21(18-26(25)30(34)37)19-5-2-1-3-6-19/h1-10,12-13,17,21,25-27H,11,14-16,18H2/t21-,25-,26-,27+/m1/s1. The summed E-state index contributed by atoms with van der Waals surface area (Å²) in [6.45, 7) is 0. The number of imide groups is 1. The second-order valence-electron chi connectivity index (χ2n) is 9.94. The summed E-state index contributed by atoms with van der Waals surface area (Å²) < 4.78 is 18.8. The molecule has 3 aromatic carbocycles. The maximum Gasteiger partial charge on any atom is 0.338 e. The Bertz CT molecular complexity index is 1390. The molecule has 3 aromatic rings. The summed E-state index contributed by atoms with van der Waals surface area (Å²) in [5.74, 6) is -2.81. The molecule has 0 unspecified atom stereocenters. The molecule has 0 spiro atoms. The monoisotopic (exact) mass is 547 g/mol. The number of carbonyl (C=O) groups is 4. The van der Waals surface area contributed by atoms with E-state index in [0.29, 0.717) is 18.5 Å². The van der Waals surface area contributed by atoms with Gasteiger partial charge in [0, 0.05) is 17.9 Å². The van der Waals surface area contributed by atoms with E-state index in [1.807, 2.05) is 18.2 Å². The number of rotatable bonds is 8. The molecule has 1 heterocycles. The third kappa shape index (κ3) is 5.50. The zero-order chi connectivity index (χ0) is 27.5. The predicted molar refractivity (Wildman–Crippen MR) is 144 cm³/mol. The largest absolute Gasteiger partial charge is 0.450 e. The lowest BCUT2D eigenvalue weighted by Crippen LogP contribution is -2.31. The zero-order valence-corrected chi connectivity index (χ0v) is 21.9. The van der Waals surface area contributed by atoms with Crippen molar-refractivity contribution in [2.75, 3.05) is 10.8 Å². The second kappa shape index (κ2) is 11.5. The number of benzene rings is 3. The fraction of sp³-hybridized carbons (Fsp3) is 0.290. The maximum absolute atomic E-state index is 13.4. The van der Waals surface area contributed by atoms with Crippen LogP contribution in [0.4, 0.5) is 10.1 Å². The van der Waals surface area contributed by atoms with Crippen LogP contribution < -0.4 is 4.90 Å². The number of ether oxygens (including phenoxy) is 1. The number of Topliss-reactive ketones (excluding diaryl/α,β-unsaturated/α-hetero) is 1. The molecule has 200 valence electrons. The second-order valence-corrected chi connectivity index (χ2v) is 10.3. The van der Waals surface area contributed by atoms with Gasteiger partial charge in [-0.1, -0.05) is 36.4 Å². The molecule has 2 fully saturated rings. The third-order valence-electron chi connectivity index (χ3n) is 7.58. The summed E-state index contributed by atoms with van der Waals surface area (Å²) in [5.41, 5.74) is 1.75. The zero-order valence-electron chi connectivity index (χ0n) is 21.1. The lowest BCUT2D eigenvalue weighted by atomic mass is 9.73. The van der Waals surface area contributed by atoms with Gasteiger partial charge in [0.1, 0.15) is 5.82 Å². The summed E-state index contributed by atoms with van der Waals surface area (Å²) in [7, 11) is 0. The van der Waals surface area contributed by atoms with Gasteiger partial charge in [-0.25, -0.2) is 9.18 Å². The van der Waals surface area contributed by atoms with Crippen LogP contribution in [-0.2, 0) is 14.3 Å². The Morgan fingerprint density at radius 2 is 1.62 bits per heavy atom. The van der Waals surface area contributed by atoms with Crippen molar-refractivity contribution in [2.24, 2.45) is 11.8 Å². The van der Waals surface area contributed by atoms with Gasteiger partial charge < -0.3 is 4.74 Å². The van der Waals surface area contributed by atoms with Crippen LogP contribution in [0.3, 0.4) is 0 Å². The summed E-state index contributed by atoms with van der Waals surface area (Å²) in [5, 5.41) is 0. The van der Waals surface area contributed by atoms with Crippen LogP contribution in [0.5, 0.6) is 0 Å². The van der Waals surface area contributed by atoms with Crippen molar-refractivity contribution < 1.29 is 28.3 Å². The van der Waals surface area contributed by atoms with E-state index in [2.05, 4.69) is 12.1 Å². The van der Waals surface area contributed by atoms with E-state index < -0.39 is 29.6 Å². The predicted octanol–water partition coefficient (Wildman–Crippen LogP) is 5.94. The molecule has 6 nitrogen and oxygen atoms in total. The van der Waals surface area contributed by atoms with E-state index in [9.17, 15) is 23.6 Å². The van der Waals surface area contributed by atoms with E-state index in [1.165, 1.54) is 34.7 Å². The highest BCUT2D eigenvalue weighted by molar-refractivity contribution is 6.22. The number of hydrogen-bond donors (Lipinski definition) is 0. The van der Waals surface area contributed by atoms with Crippen molar-refractivity contribution in [1.29, 1.82) is 0 Å². The summed E-state index contributed by atoms with van der Waals surface area (Å²) >= 11 is 5.85. The minimum atomic E-state index is -1.17. The number of esters is 1. The average molecular weight is 548 g/mol. The van der Waals surface area contributed by atoms with Gasteiger partial charge in [0.25, 0.3) is 0 Å². The van der Waals surface area contributed by atoms with Crippen LogP contribution in [0, 0.1) is 17.7 Å². The van der Waals surface area contributed by atoms with Gasteiger partial charge in [-0.05, 0) is 73.2 Å². The first kappa shape index (κ1) is 26.8. The minimum Gasteiger partial charge on any atom is -0.450 e. The molecule has 0 N–H and O–H groups in total. The molecule has 2 aliphatic rings. The molecule has 0 radical (unpaired) electrons. The Labute approximate surface area is 230 Å². The Hall–Kier alpha value is -3.84. The molecular formula is C31H27ClFNO5. The van der Waals surface area contributed by atoms with Crippen LogP contribution in [0.2, 0.25) is 0 Å². The maximum atomic E-state index is 13.4. The number of anilines is 1. The van der Waals surface area contributed by atoms with Gasteiger partial charge in [0.2, 0.25) is 17.6 Å². The quantitative estimate of drug-likeness (QED) is 0.151. The van der Waals surface area contributed by atoms with Crippen LogP contribution in [0.25, 0.3) is 0 Å². The number of fused-ring (bicyclic) bond motifs is 1. The molecule has 0 bridgehead atoms. The van der Waals surface area contributed by atoms with Crippen LogP contribution in [-0.4, -0.2) is 35.6 Å². The highest BCUT2D eigenvalue weighted by Crippen LogP contribution is 2.45. The molecule has 8 heteroatoms. The van der Waals surface area contributed by atoms with E-state index in [4.69, 9.17) is 16.3 Å². The van der Waals surface area contributed by atoms with Crippen molar-refractivity contribution >= 4 is 40.9 Å². The van der Waals surface area contributed by atoms with Crippen LogP contribution in [0.15, 0.2) is 78.9 Å². The van der Waals surface area contributed by atoms with Gasteiger partial charge in [-0.2, -0.15) is 0 Å². The van der Waals surface area contributed by atoms with Crippen LogP contribution >= 0.6 is 11.6 Å². The highest BCUT2D eigenvalue weighted by Gasteiger charge is 2.50. The van der Waals surface area contributed by atoms with Gasteiger partial charge in [0.15, 0.2) is 6.10 Å². The van der Waals surface area contributed by atoms with Crippen molar-refractivity contribution in [3.63, 3.8) is 0 Å². The number of nitrogens with zero attached hydrogens (tertiary/aromatic N) is 1.